The van der Waals surface area contributed by atoms with Crippen molar-refractivity contribution in [2.45, 2.75) is 25.7 Å². The number of carbonyl (C=O) groups is 1. The second-order valence-corrected chi connectivity index (χ2v) is 4.98. The predicted molar refractivity (Wildman–Crippen MR) is 73.5 cm³/mol. The number of hydrogen-bond acceptors (Lipinski definition) is 2. The molecule has 1 unspecified atom stereocenters. The zero-order valence-corrected chi connectivity index (χ0v) is 11.1. The van der Waals surface area contributed by atoms with Crippen LogP contribution >= 0.6 is 0 Å². The maximum absolute atomic E-state index is 12.0. The van der Waals surface area contributed by atoms with Crippen LogP contribution in [-0.2, 0) is 4.79 Å². The number of benzene rings is 1. The van der Waals surface area contributed by atoms with Crippen molar-refractivity contribution in [1.82, 2.24) is 10.2 Å². The smallest absolute Gasteiger partial charge is 0.222 e. The molecule has 2 rings (SSSR count). The third-order valence-corrected chi connectivity index (χ3v) is 3.63. The quantitative estimate of drug-likeness (QED) is 0.881. The first-order valence-corrected chi connectivity index (χ1v) is 6.81. The summed E-state index contributed by atoms with van der Waals surface area (Å²) in [6.45, 7) is 5.78. The minimum absolute atomic E-state index is 0.305. The van der Waals surface area contributed by atoms with E-state index in [1.54, 1.807) is 0 Å². The van der Waals surface area contributed by atoms with Crippen LogP contribution in [0.3, 0.4) is 0 Å². The molecule has 18 heavy (non-hydrogen) atoms. The van der Waals surface area contributed by atoms with Crippen molar-refractivity contribution >= 4 is 5.91 Å². The third-order valence-electron chi connectivity index (χ3n) is 3.63. The summed E-state index contributed by atoms with van der Waals surface area (Å²) < 4.78 is 0. The molecule has 0 bridgehead atoms. The largest absolute Gasteiger partial charge is 0.340 e. The molecule has 0 saturated carbocycles. The van der Waals surface area contributed by atoms with Crippen molar-refractivity contribution in [3.63, 3.8) is 0 Å². The summed E-state index contributed by atoms with van der Waals surface area (Å²) in [5, 5.41) is 3.27. The minimum atomic E-state index is 0.305. The molecule has 98 valence electrons. The average Bonchev–Trinajstić information content (AvgIpc) is 2.46. The van der Waals surface area contributed by atoms with Gasteiger partial charge in [-0.05, 0) is 17.9 Å². The van der Waals surface area contributed by atoms with Gasteiger partial charge in [-0.3, -0.25) is 4.79 Å². The highest BCUT2D eigenvalue weighted by Crippen LogP contribution is 2.20. The number of hydrogen-bond donors (Lipinski definition) is 1. The van der Waals surface area contributed by atoms with Gasteiger partial charge in [0.1, 0.15) is 0 Å². The maximum atomic E-state index is 12.0. The van der Waals surface area contributed by atoms with Gasteiger partial charge in [0.2, 0.25) is 5.91 Å². The van der Waals surface area contributed by atoms with E-state index in [1.165, 1.54) is 5.56 Å². The van der Waals surface area contributed by atoms with Crippen LogP contribution in [0.4, 0.5) is 0 Å². The Labute approximate surface area is 109 Å². The number of carbonyl (C=O) groups excluding carboxylic acids is 1. The van der Waals surface area contributed by atoms with Crippen LogP contribution in [0.25, 0.3) is 0 Å². The fourth-order valence-electron chi connectivity index (χ4n) is 2.36. The van der Waals surface area contributed by atoms with Crippen LogP contribution < -0.4 is 5.32 Å². The van der Waals surface area contributed by atoms with Gasteiger partial charge >= 0.3 is 0 Å². The summed E-state index contributed by atoms with van der Waals surface area (Å²) in [6.07, 6.45) is 1.60. The molecule has 1 aromatic rings. The van der Waals surface area contributed by atoms with E-state index in [4.69, 9.17) is 0 Å². The first-order valence-electron chi connectivity index (χ1n) is 6.81. The van der Waals surface area contributed by atoms with Crippen molar-refractivity contribution in [2.24, 2.45) is 0 Å². The van der Waals surface area contributed by atoms with Crippen LogP contribution in [0.2, 0.25) is 0 Å². The van der Waals surface area contributed by atoms with E-state index in [0.717, 1.165) is 32.6 Å². The fourth-order valence-corrected chi connectivity index (χ4v) is 2.36. The second-order valence-electron chi connectivity index (χ2n) is 4.98. The Balaban J connectivity index is 1.78. The molecule has 0 spiro atoms. The lowest BCUT2D eigenvalue weighted by Gasteiger charge is -2.27. The summed E-state index contributed by atoms with van der Waals surface area (Å²) in [7, 11) is 0. The van der Waals surface area contributed by atoms with Gasteiger partial charge in [-0.2, -0.15) is 0 Å². The standard InChI is InChI=1S/C15H22N2O/c1-13(14-5-3-2-4-6-14)7-8-15(18)17-11-9-16-10-12-17/h2-6,13,16H,7-12H2,1H3. The van der Waals surface area contributed by atoms with Crippen LogP contribution in [0, 0.1) is 0 Å². The van der Waals surface area contributed by atoms with E-state index < -0.39 is 0 Å². The molecule has 0 aromatic heterocycles. The summed E-state index contributed by atoms with van der Waals surface area (Å²) in [6, 6.07) is 10.4. The Kier molecular flexibility index (Phi) is 4.76. The Morgan fingerprint density at radius 2 is 1.94 bits per heavy atom. The van der Waals surface area contributed by atoms with Crippen molar-refractivity contribution in [3.05, 3.63) is 35.9 Å². The lowest BCUT2D eigenvalue weighted by Crippen LogP contribution is -2.46. The van der Waals surface area contributed by atoms with E-state index in [-0.39, 0.29) is 0 Å². The first-order chi connectivity index (χ1) is 8.77. The summed E-state index contributed by atoms with van der Waals surface area (Å²) in [5.74, 6) is 0.761. The molecular weight excluding hydrogens is 224 g/mol. The highest BCUT2D eigenvalue weighted by molar-refractivity contribution is 5.76. The Hall–Kier alpha value is -1.35. The Bertz CT molecular complexity index is 371. The van der Waals surface area contributed by atoms with Gasteiger partial charge < -0.3 is 10.2 Å². The Morgan fingerprint density at radius 1 is 1.28 bits per heavy atom. The fraction of sp³-hybridized carbons (Fsp3) is 0.533. The molecule has 1 aliphatic rings. The van der Waals surface area contributed by atoms with Crippen LogP contribution in [0.1, 0.15) is 31.2 Å². The van der Waals surface area contributed by atoms with Crippen LogP contribution in [0.15, 0.2) is 30.3 Å². The molecule has 1 aliphatic heterocycles. The zero-order valence-electron chi connectivity index (χ0n) is 11.1. The van der Waals surface area contributed by atoms with Gasteiger partial charge in [0.05, 0.1) is 0 Å². The topological polar surface area (TPSA) is 32.3 Å². The number of amides is 1. The second kappa shape index (κ2) is 6.55. The number of nitrogens with zero attached hydrogens (tertiary/aromatic N) is 1. The predicted octanol–water partition coefficient (Wildman–Crippen LogP) is 2.00. The molecule has 1 heterocycles. The Morgan fingerprint density at radius 3 is 2.61 bits per heavy atom. The van der Waals surface area contributed by atoms with Crippen LogP contribution in [-0.4, -0.2) is 37.0 Å². The summed E-state index contributed by atoms with van der Waals surface area (Å²) in [4.78, 5) is 14.0. The molecule has 0 aliphatic carbocycles. The molecule has 1 N–H and O–H groups in total. The van der Waals surface area contributed by atoms with E-state index in [1.807, 2.05) is 11.0 Å². The van der Waals surface area contributed by atoms with E-state index in [0.29, 0.717) is 18.2 Å². The lowest BCUT2D eigenvalue weighted by molar-refractivity contribution is -0.131. The molecule has 3 heteroatoms. The van der Waals surface area contributed by atoms with Gasteiger partial charge in [-0.1, -0.05) is 37.3 Å². The van der Waals surface area contributed by atoms with E-state index in [2.05, 4.69) is 36.5 Å². The summed E-state index contributed by atoms with van der Waals surface area (Å²) >= 11 is 0. The number of rotatable bonds is 4. The number of nitrogens with one attached hydrogen (secondary N) is 1. The average molecular weight is 246 g/mol. The minimum Gasteiger partial charge on any atom is -0.340 e. The van der Waals surface area contributed by atoms with E-state index in [9.17, 15) is 4.79 Å². The van der Waals surface area contributed by atoms with Gasteiger partial charge in [0, 0.05) is 32.6 Å². The molecule has 1 aromatic carbocycles. The monoisotopic (exact) mass is 246 g/mol. The molecular formula is C15H22N2O. The molecule has 3 nitrogen and oxygen atoms in total. The van der Waals surface area contributed by atoms with Gasteiger partial charge in [-0.25, -0.2) is 0 Å². The number of piperazine rings is 1. The molecule has 1 amide bonds. The van der Waals surface area contributed by atoms with Gasteiger partial charge in [0.15, 0.2) is 0 Å². The van der Waals surface area contributed by atoms with Crippen molar-refractivity contribution in [2.75, 3.05) is 26.2 Å². The maximum Gasteiger partial charge on any atom is 0.222 e. The van der Waals surface area contributed by atoms with Crippen LogP contribution in [0.5, 0.6) is 0 Å². The normalized spacial score (nSPS) is 17.5. The third kappa shape index (κ3) is 3.57. The highest BCUT2D eigenvalue weighted by atomic mass is 16.2. The SMILES string of the molecule is CC(CCC(=O)N1CCNCC1)c1ccccc1. The molecule has 1 saturated heterocycles. The zero-order chi connectivity index (χ0) is 12.8. The van der Waals surface area contributed by atoms with Crippen molar-refractivity contribution in [1.29, 1.82) is 0 Å². The molecule has 1 atom stereocenters. The van der Waals surface area contributed by atoms with Gasteiger partial charge in [-0.15, -0.1) is 0 Å². The highest BCUT2D eigenvalue weighted by Gasteiger charge is 2.16. The molecule has 1 fully saturated rings. The molecule has 0 radical (unpaired) electrons. The van der Waals surface area contributed by atoms with Crippen molar-refractivity contribution < 1.29 is 4.79 Å². The summed E-state index contributed by atoms with van der Waals surface area (Å²) in [5.41, 5.74) is 1.32. The van der Waals surface area contributed by atoms with Gasteiger partial charge in [0.25, 0.3) is 0 Å². The first kappa shape index (κ1) is 13.1. The van der Waals surface area contributed by atoms with E-state index >= 15 is 0 Å². The lowest BCUT2D eigenvalue weighted by atomic mass is 9.96. The van der Waals surface area contributed by atoms with Crippen molar-refractivity contribution in [3.8, 4) is 0 Å².